The molecule has 0 saturated heterocycles. The van der Waals surface area contributed by atoms with Crippen molar-refractivity contribution in [3.05, 3.63) is 263 Å². The number of fused-ring (bicyclic) bond motifs is 4. The van der Waals surface area contributed by atoms with Crippen LogP contribution in [0, 0.1) is 27.7 Å². The quantitative estimate of drug-likeness (QED) is 0.105. The molecule has 0 nitrogen and oxygen atoms in total. The first-order chi connectivity index (χ1) is 40.1. The minimum Gasteiger partial charge on any atom is -1.00 e. The second kappa shape index (κ2) is 34.1. The maximum atomic E-state index is 2.31. The Balaban J connectivity index is 0.000000199. The van der Waals surface area contributed by atoms with Crippen molar-refractivity contribution in [2.75, 3.05) is 0 Å². The van der Waals surface area contributed by atoms with E-state index in [0.29, 0.717) is 23.7 Å². The number of rotatable bonds is 8. The minimum absolute atomic E-state index is 0. The predicted molar refractivity (Wildman–Crippen MR) is 370 cm³/mol. The van der Waals surface area contributed by atoms with Crippen molar-refractivity contribution in [3.8, 4) is 44.5 Å². The van der Waals surface area contributed by atoms with Crippen LogP contribution in [0.1, 0.15) is 124 Å². The Bertz CT molecular complexity index is 3540. The van der Waals surface area contributed by atoms with Gasteiger partial charge in [0.2, 0.25) is 0 Å². The van der Waals surface area contributed by atoms with Crippen molar-refractivity contribution in [3.63, 3.8) is 0 Å². The Morgan fingerprint density at radius 3 is 0.593 bits per heavy atom. The number of hydrogen-bond donors (Lipinski definition) is 0. The Morgan fingerprint density at radius 1 is 0.279 bits per heavy atom. The molecule has 0 amide bonds. The van der Waals surface area contributed by atoms with Crippen molar-refractivity contribution < 1.29 is 71.5 Å². The van der Waals surface area contributed by atoms with Gasteiger partial charge in [0.1, 0.15) is 0 Å². The van der Waals surface area contributed by atoms with E-state index in [2.05, 4.69) is 328 Å². The standard InChI is InChI=1S/4C19H19.2C2H6Si.2ClH.2Zr/c4*1-13(2)15-7-9-16(10-8-15)18-6-4-5-17-11-14(3)12-19(17)18;2*1-3-2;;;;/h4*4-13H,1-3H3;2*1-2H3;2*1H;;/q4*-1;;;;;2*+2/p-2. The molecule has 0 N–H and O–H groups in total. The van der Waals surface area contributed by atoms with Crippen molar-refractivity contribution in [2.24, 2.45) is 0 Å². The van der Waals surface area contributed by atoms with E-state index in [1.165, 1.54) is 132 Å². The molecule has 6 heteroatoms. The third-order valence-corrected chi connectivity index (χ3v) is 15.1. The molecule has 0 saturated carbocycles. The minimum atomic E-state index is 0. The molecule has 0 heterocycles. The van der Waals surface area contributed by atoms with Gasteiger partial charge >= 0.3 is 83.7 Å². The second-order valence-electron chi connectivity index (χ2n) is 24.5. The van der Waals surface area contributed by atoms with Gasteiger partial charge in [0.15, 0.2) is 0 Å². The maximum absolute atomic E-state index is 2.31. The van der Waals surface area contributed by atoms with Crippen LogP contribution in [0.25, 0.3) is 87.6 Å². The Hall–Kier alpha value is -5.02. The van der Waals surface area contributed by atoms with Crippen LogP contribution in [0.3, 0.4) is 0 Å². The summed E-state index contributed by atoms with van der Waals surface area (Å²) in [6.07, 6.45) is 0. The average molecular weight is 1360 g/mol. The van der Waals surface area contributed by atoms with Crippen LogP contribution in [-0.2, 0) is 46.7 Å². The number of benzene rings is 8. The van der Waals surface area contributed by atoms with E-state index >= 15 is 0 Å². The van der Waals surface area contributed by atoms with Gasteiger partial charge in [-0.1, -0.05) is 227 Å². The molecule has 0 aliphatic carbocycles. The van der Waals surface area contributed by atoms with Crippen molar-refractivity contribution in [1.29, 1.82) is 0 Å². The molecule has 0 radical (unpaired) electrons. The molecule has 0 bridgehead atoms. The fraction of sp³-hybridized carbons (Fsp3) is 0.250. The van der Waals surface area contributed by atoms with Gasteiger partial charge in [-0.2, -0.15) is 24.3 Å². The molecule has 86 heavy (non-hydrogen) atoms. The first-order valence-electron chi connectivity index (χ1n) is 30.2. The van der Waals surface area contributed by atoms with Crippen molar-refractivity contribution >= 4 is 54.0 Å². The van der Waals surface area contributed by atoms with Gasteiger partial charge in [0.25, 0.3) is 0 Å². The van der Waals surface area contributed by atoms with Crippen LogP contribution in [0.4, 0.5) is 0 Å². The summed E-state index contributed by atoms with van der Waals surface area (Å²) >= 11 is 3.48. The first kappa shape index (κ1) is 71.7. The zero-order valence-corrected chi connectivity index (χ0v) is 62.3. The van der Waals surface area contributed by atoms with Crippen LogP contribution in [0.2, 0.25) is 26.2 Å². The number of halogens is 2. The number of hydrogen-bond acceptors (Lipinski definition) is 0. The Kier molecular flexibility index (Phi) is 28.4. The largest absolute Gasteiger partial charge is 1.00 e. The van der Waals surface area contributed by atoms with E-state index in [0.717, 1.165) is 0 Å². The van der Waals surface area contributed by atoms with Crippen molar-refractivity contribution in [2.45, 2.75) is 133 Å². The molecule has 0 aliphatic heterocycles. The van der Waals surface area contributed by atoms with Gasteiger partial charge in [-0.15, -0.1) is 138 Å². The molecule has 0 fully saturated rings. The van der Waals surface area contributed by atoms with E-state index in [4.69, 9.17) is 0 Å². The van der Waals surface area contributed by atoms with Crippen LogP contribution >= 0.6 is 0 Å². The fourth-order valence-electron chi connectivity index (χ4n) is 10.7. The molecule has 12 aromatic rings. The molecule has 0 aromatic heterocycles. The molecule has 0 unspecified atom stereocenters. The van der Waals surface area contributed by atoms with Crippen LogP contribution in [0.15, 0.2) is 218 Å². The third-order valence-electron chi connectivity index (χ3n) is 15.1. The van der Waals surface area contributed by atoms with Crippen LogP contribution < -0.4 is 24.8 Å². The first-order valence-corrected chi connectivity index (χ1v) is 42.5. The SMILES string of the molecule is C[Si](C)=[Zr+2].C[Si](C)=[Zr+2].Cc1cc2c(-c3ccc(C(C)C)cc3)cccc2[cH-]1.Cc1cc2c(-c3ccc(C(C)C)cc3)cccc2[cH-]1.Cc1cc2c(-c3ccc(C(C)C)cc3)cccc2[cH-]1.Cc1cc2c(-c3ccc(C(C)C)cc3)cccc2[cH-]1.[Cl-].[Cl-]. The van der Waals surface area contributed by atoms with Crippen LogP contribution in [-0.4, -0.2) is 10.9 Å². The summed E-state index contributed by atoms with van der Waals surface area (Å²) in [5.74, 6) is 2.36. The van der Waals surface area contributed by atoms with Crippen molar-refractivity contribution in [1.82, 2.24) is 0 Å². The van der Waals surface area contributed by atoms with E-state index in [9.17, 15) is 0 Å². The third kappa shape index (κ3) is 20.0. The van der Waals surface area contributed by atoms with E-state index in [1.807, 2.05) is 0 Å². The summed E-state index contributed by atoms with van der Waals surface area (Å²) in [5, 5.41) is 10.8. The summed E-state index contributed by atoms with van der Waals surface area (Å²) in [5.41, 5.74) is 21.9. The van der Waals surface area contributed by atoms with E-state index < -0.39 is 0 Å². The molecule has 0 aliphatic rings. The monoisotopic (exact) mass is 1350 g/mol. The average Bonchev–Trinajstić information content (AvgIpc) is 2.16. The molecular formula is C80H88Cl2Si2Zr2-2. The van der Waals surface area contributed by atoms with Crippen LogP contribution in [0.5, 0.6) is 0 Å². The maximum Gasteiger partial charge on any atom is -0.0219 e. The molecule has 12 aromatic carbocycles. The zero-order chi connectivity index (χ0) is 60.8. The predicted octanol–water partition coefficient (Wildman–Crippen LogP) is 18.2. The van der Waals surface area contributed by atoms with Gasteiger partial charge in [0, 0.05) is 0 Å². The summed E-state index contributed by atoms with van der Waals surface area (Å²) in [7, 11) is 0. The molecule has 0 atom stereocenters. The summed E-state index contributed by atoms with van der Waals surface area (Å²) < 4.78 is 0. The van der Waals surface area contributed by atoms with Gasteiger partial charge in [-0.05, 0) is 68.2 Å². The Labute approximate surface area is 560 Å². The Morgan fingerprint density at radius 2 is 0.442 bits per heavy atom. The van der Waals surface area contributed by atoms with E-state index in [-0.39, 0.29) is 35.7 Å². The summed E-state index contributed by atoms with van der Waals surface area (Å²) in [6.45, 7) is 35.7. The smallest absolute Gasteiger partial charge is 0.0219 e. The zero-order valence-electron chi connectivity index (χ0n) is 53.8. The molecular weight excluding hydrogens is 1270 g/mol. The van der Waals surface area contributed by atoms with Gasteiger partial charge < -0.3 is 24.8 Å². The molecule has 12 rings (SSSR count). The van der Waals surface area contributed by atoms with Gasteiger partial charge in [-0.25, -0.2) is 0 Å². The molecule has 0 spiro atoms. The van der Waals surface area contributed by atoms with E-state index in [1.54, 1.807) is 46.7 Å². The second-order valence-corrected chi connectivity index (χ2v) is 43.2. The summed E-state index contributed by atoms with van der Waals surface area (Å²) in [6, 6.07) is 80.2. The fourth-order valence-corrected chi connectivity index (χ4v) is 10.7. The number of aryl methyl sites for hydroxylation is 4. The molecule has 440 valence electrons. The normalized spacial score (nSPS) is 10.7. The summed E-state index contributed by atoms with van der Waals surface area (Å²) in [4.78, 5) is 0. The van der Waals surface area contributed by atoms with Gasteiger partial charge in [-0.3, -0.25) is 0 Å². The topological polar surface area (TPSA) is 0 Å². The van der Waals surface area contributed by atoms with Gasteiger partial charge in [0.05, 0.1) is 0 Å².